The summed E-state index contributed by atoms with van der Waals surface area (Å²) in [6.07, 6.45) is 1.74. The Bertz CT molecular complexity index is 380. The molecule has 100 valence electrons. The van der Waals surface area contributed by atoms with Gasteiger partial charge in [0, 0.05) is 39.3 Å². The van der Waals surface area contributed by atoms with Gasteiger partial charge in [-0.3, -0.25) is 4.79 Å². The zero-order chi connectivity index (χ0) is 9.97. The van der Waals surface area contributed by atoms with Crippen molar-refractivity contribution in [3.8, 4) is 0 Å². The van der Waals surface area contributed by atoms with Gasteiger partial charge in [0.25, 0.3) is 5.56 Å². The number of aryl methyl sites for hydroxylation is 1. The summed E-state index contributed by atoms with van der Waals surface area (Å²) in [5, 5.41) is 7.26. The van der Waals surface area contributed by atoms with Crippen molar-refractivity contribution >= 4 is 30.5 Å². The molecular weight excluding hydrogens is 267 g/mol. The van der Waals surface area contributed by atoms with Gasteiger partial charge in [-0.25, -0.2) is 4.68 Å². The number of nitrogens with one attached hydrogen (secondary N) is 1. The van der Waals surface area contributed by atoms with Crippen LogP contribution in [0.5, 0.6) is 0 Å². The van der Waals surface area contributed by atoms with Crippen LogP contribution in [0.3, 0.4) is 0 Å². The highest BCUT2D eigenvalue weighted by Crippen LogP contribution is 2.09. The van der Waals surface area contributed by atoms with E-state index in [1.165, 1.54) is 4.68 Å². The van der Waals surface area contributed by atoms with Gasteiger partial charge in [-0.2, -0.15) is 5.10 Å². The third-order valence-corrected chi connectivity index (χ3v) is 2.44. The van der Waals surface area contributed by atoms with Gasteiger partial charge in [-0.05, 0) is 0 Å². The summed E-state index contributed by atoms with van der Waals surface area (Å²) >= 11 is 0. The Morgan fingerprint density at radius 1 is 1.29 bits per heavy atom. The van der Waals surface area contributed by atoms with Gasteiger partial charge in [0.2, 0.25) is 0 Å². The molecule has 0 radical (unpaired) electrons. The Labute approximate surface area is 112 Å². The van der Waals surface area contributed by atoms with E-state index in [0.29, 0.717) is 0 Å². The molecule has 1 aromatic heterocycles. The summed E-state index contributed by atoms with van der Waals surface area (Å²) in [7, 11) is 1.66. The Hall–Kier alpha value is -0.820. The van der Waals surface area contributed by atoms with Crippen LogP contribution in [-0.4, -0.2) is 41.4 Å². The van der Waals surface area contributed by atoms with Crippen LogP contribution in [0.4, 0.5) is 5.69 Å². The number of anilines is 1. The molecule has 1 aliphatic heterocycles. The summed E-state index contributed by atoms with van der Waals surface area (Å²) in [5.74, 6) is 0. The van der Waals surface area contributed by atoms with Crippen LogP contribution in [0.25, 0.3) is 0 Å². The van der Waals surface area contributed by atoms with Gasteiger partial charge in [-0.1, -0.05) is 0 Å². The molecule has 0 saturated carbocycles. The average Bonchev–Trinajstić information content (AvgIpc) is 2.23. The van der Waals surface area contributed by atoms with E-state index in [0.717, 1.165) is 31.9 Å². The normalized spacial score (nSPS) is 14.1. The van der Waals surface area contributed by atoms with Crippen molar-refractivity contribution < 1.29 is 5.48 Å². The van der Waals surface area contributed by atoms with Gasteiger partial charge < -0.3 is 15.7 Å². The third-order valence-electron chi connectivity index (χ3n) is 2.44. The lowest BCUT2D eigenvalue weighted by atomic mass is 10.3. The molecule has 6 nitrogen and oxygen atoms in total. The molecule has 8 heteroatoms. The van der Waals surface area contributed by atoms with Crippen LogP contribution in [-0.2, 0) is 7.05 Å². The summed E-state index contributed by atoms with van der Waals surface area (Å²) in [4.78, 5) is 13.5. The summed E-state index contributed by atoms with van der Waals surface area (Å²) in [5.41, 5.74) is 0.871. The maximum Gasteiger partial charge on any atom is 0.268 e. The number of nitrogens with zero attached hydrogens (tertiary/aromatic N) is 3. The summed E-state index contributed by atoms with van der Waals surface area (Å²) in [6, 6.07) is 1.64. The molecule has 0 aliphatic carbocycles. The SMILES string of the molecule is Cl.Cl.Cn1ncc(N2CCNCC2)cc1=O.O. The van der Waals surface area contributed by atoms with Gasteiger partial charge in [-0.15, -0.1) is 24.8 Å². The first-order valence-corrected chi connectivity index (χ1v) is 4.76. The van der Waals surface area contributed by atoms with Crippen molar-refractivity contribution in [2.75, 3.05) is 31.1 Å². The van der Waals surface area contributed by atoms with E-state index < -0.39 is 0 Å². The molecule has 0 unspecified atom stereocenters. The molecule has 2 rings (SSSR count). The van der Waals surface area contributed by atoms with E-state index in [9.17, 15) is 4.79 Å². The summed E-state index contributed by atoms with van der Waals surface area (Å²) in [6.45, 7) is 3.81. The highest BCUT2D eigenvalue weighted by atomic mass is 35.5. The van der Waals surface area contributed by atoms with Crippen molar-refractivity contribution in [2.24, 2.45) is 7.05 Å². The molecule has 1 saturated heterocycles. The van der Waals surface area contributed by atoms with E-state index in [1.807, 2.05) is 0 Å². The lowest BCUT2D eigenvalue weighted by molar-refractivity contribution is 0.585. The smallest absolute Gasteiger partial charge is 0.268 e. The molecule has 0 aromatic carbocycles. The van der Waals surface area contributed by atoms with Crippen molar-refractivity contribution in [2.45, 2.75) is 0 Å². The van der Waals surface area contributed by atoms with Crippen LogP contribution in [0.1, 0.15) is 0 Å². The minimum Gasteiger partial charge on any atom is -0.412 e. The van der Waals surface area contributed by atoms with Crippen LogP contribution in [0, 0.1) is 0 Å². The minimum absolute atomic E-state index is 0. The largest absolute Gasteiger partial charge is 0.412 e. The van der Waals surface area contributed by atoms with E-state index >= 15 is 0 Å². The number of hydrogen-bond donors (Lipinski definition) is 1. The molecule has 0 spiro atoms. The van der Waals surface area contributed by atoms with E-state index in [-0.39, 0.29) is 35.8 Å². The number of hydrogen-bond acceptors (Lipinski definition) is 4. The molecular formula is C9H18Cl2N4O2. The molecule has 2 heterocycles. The number of aromatic nitrogens is 2. The Morgan fingerprint density at radius 2 is 1.88 bits per heavy atom. The summed E-state index contributed by atoms with van der Waals surface area (Å²) < 4.78 is 1.34. The molecule has 0 bridgehead atoms. The predicted octanol–water partition coefficient (Wildman–Crippen LogP) is -0.791. The Morgan fingerprint density at radius 3 is 2.41 bits per heavy atom. The zero-order valence-corrected chi connectivity index (χ0v) is 11.2. The molecule has 1 fully saturated rings. The van der Waals surface area contributed by atoms with Crippen LogP contribution < -0.4 is 15.8 Å². The van der Waals surface area contributed by atoms with Crippen LogP contribution in [0.15, 0.2) is 17.1 Å². The molecule has 1 aliphatic rings. The zero-order valence-electron chi connectivity index (χ0n) is 9.55. The van der Waals surface area contributed by atoms with Gasteiger partial charge in [0.05, 0.1) is 11.9 Å². The first-order valence-electron chi connectivity index (χ1n) is 4.76. The van der Waals surface area contributed by atoms with Crippen molar-refractivity contribution in [1.82, 2.24) is 15.1 Å². The quantitative estimate of drug-likeness (QED) is 0.733. The third kappa shape index (κ3) is 4.51. The fourth-order valence-corrected chi connectivity index (χ4v) is 1.56. The predicted molar refractivity (Wildman–Crippen MR) is 72.7 cm³/mol. The highest BCUT2D eigenvalue weighted by molar-refractivity contribution is 5.85. The van der Waals surface area contributed by atoms with Crippen molar-refractivity contribution in [1.29, 1.82) is 0 Å². The Balaban J connectivity index is 0. The van der Waals surface area contributed by atoms with Crippen LogP contribution in [0.2, 0.25) is 0 Å². The van der Waals surface area contributed by atoms with E-state index in [1.54, 1.807) is 19.3 Å². The monoisotopic (exact) mass is 284 g/mol. The van der Waals surface area contributed by atoms with Crippen molar-refractivity contribution in [3.05, 3.63) is 22.6 Å². The molecule has 0 amide bonds. The number of rotatable bonds is 1. The molecule has 0 atom stereocenters. The standard InChI is InChI=1S/C9H14N4O.2ClH.H2O/c1-12-9(14)6-8(7-11-12)13-4-2-10-3-5-13;;;/h6-7,10H,2-5H2,1H3;2*1H;1H2. The van der Waals surface area contributed by atoms with Gasteiger partial charge >= 0.3 is 0 Å². The second-order valence-corrected chi connectivity index (χ2v) is 3.41. The number of halogens is 2. The first-order chi connectivity index (χ1) is 6.77. The molecule has 17 heavy (non-hydrogen) atoms. The van der Waals surface area contributed by atoms with Crippen LogP contribution >= 0.6 is 24.8 Å². The lowest BCUT2D eigenvalue weighted by Crippen LogP contribution is -2.44. The highest BCUT2D eigenvalue weighted by Gasteiger charge is 2.10. The molecule has 3 N–H and O–H groups in total. The average molecular weight is 285 g/mol. The second-order valence-electron chi connectivity index (χ2n) is 3.41. The maximum absolute atomic E-state index is 11.3. The second kappa shape index (κ2) is 8.30. The van der Waals surface area contributed by atoms with Gasteiger partial charge in [0.1, 0.15) is 0 Å². The van der Waals surface area contributed by atoms with E-state index in [2.05, 4.69) is 15.3 Å². The minimum atomic E-state index is -0.0546. The first kappa shape index (κ1) is 18.5. The molecule has 1 aromatic rings. The Kier molecular flexibility index (Phi) is 9.05. The number of piperazine rings is 1. The van der Waals surface area contributed by atoms with Crippen molar-refractivity contribution in [3.63, 3.8) is 0 Å². The fraction of sp³-hybridized carbons (Fsp3) is 0.556. The fourth-order valence-electron chi connectivity index (χ4n) is 1.56. The van der Waals surface area contributed by atoms with Gasteiger partial charge in [0.15, 0.2) is 0 Å². The maximum atomic E-state index is 11.3. The lowest BCUT2D eigenvalue weighted by Gasteiger charge is -2.28. The topological polar surface area (TPSA) is 81.7 Å². The van der Waals surface area contributed by atoms with E-state index in [4.69, 9.17) is 0 Å².